The highest BCUT2D eigenvalue weighted by atomic mass is 19.4. The molecule has 14 heteroatoms. The Labute approximate surface area is 235 Å². The van der Waals surface area contributed by atoms with E-state index in [2.05, 4.69) is 27.3 Å². The van der Waals surface area contributed by atoms with Gasteiger partial charge in [-0.05, 0) is 56.6 Å². The number of hydrogen-bond donors (Lipinski definition) is 3. The van der Waals surface area contributed by atoms with E-state index in [1.54, 1.807) is 30.0 Å². The lowest BCUT2D eigenvalue weighted by atomic mass is 9.96. The molecule has 1 aromatic carbocycles. The maximum absolute atomic E-state index is 13.2. The summed E-state index contributed by atoms with van der Waals surface area (Å²) in [6.45, 7) is 8.69. The summed E-state index contributed by atoms with van der Waals surface area (Å²) in [5.41, 5.74) is -0.501. The molecule has 0 unspecified atom stereocenters. The van der Waals surface area contributed by atoms with Crippen LogP contribution in [0.25, 0.3) is 5.57 Å². The van der Waals surface area contributed by atoms with Gasteiger partial charge in [-0.15, -0.1) is 0 Å². The molecule has 11 nitrogen and oxygen atoms in total. The maximum Gasteiger partial charge on any atom is 0.435 e. The number of aromatic nitrogens is 2. The van der Waals surface area contributed by atoms with Gasteiger partial charge in [0.15, 0.2) is 11.5 Å². The summed E-state index contributed by atoms with van der Waals surface area (Å²) in [7, 11) is 1.37. The van der Waals surface area contributed by atoms with E-state index in [0.29, 0.717) is 43.0 Å². The van der Waals surface area contributed by atoms with E-state index in [4.69, 9.17) is 5.84 Å². The molecule has 4 N–H and O–H groups in total. The third kappa shape index (κ3) is 6.42. The molecule has 2 aromatic rings. The summed E-state index contributed by atoms with van der Waals surface area (Å²) >= 11 is 0. The van der Waals surface area contributed by atoms with Gasteiger partial charge in [0.25, 0.3) is 11.8 Å². The number of nitrogens with one attached hydrogen (secondary N) is 2. The van der Waals surface area contributed by atoms with E-state index in [-0.39, 0.29) is 29.3 Å². The highest BCUT2D eigenvalue weighted by Crippen LogP contribution is 2.27. The zero-order valence-corrected chi connectivity index (χ0v) is 22.9. The highest BCUT2D eigenvalue weighted by Gasteiger charge is 2.39. The fraction of sp³-hybridized carbons (Fsp3) is 0.444. The largest absolute Gasteiger partial charge is 0.435 e. The quantitative estimate of drug-likeness (QED) is 0.275. The second-order valence-electron chi connectivity index (χ2n) is 10.1. The number of nitrogens with two attached hydrogens (primary N) is 1. The maximum atomic E-state index is 13.2. The van der Waals surface area contributed by atoms with Crippen molar-refractivity contribution in [2.45, 2.75) is 25.9 Å². The minimum absolute atomic E-state index is 0.0387. The molecule has 2 aliphatic heterocycles. The van der Waals surface area contributed by atoms with Crippen LogP contribution < -0.4 is 16.5 Å². The average molecular weight is 575 g/mol. The van der Waals surface area contributed by atoms with Crippen molar-refractivity contribution in [3.8, 4) is 0 Å². The van der Waals surface area contributed by atoms with Crippen LogP contribution in [0.2, 0.25) is 0 Å². The number of imidazole rings is 1. The van der Waals surface area contributed by atoms with Gasteiger partial charge in [0.05, 0.1) is 11.9 Å². The van der Waals surface area contributed by atoms with Gasteiger partial charge in [-0.2, -0.15) is 18.3 Å². The molecule has 41 heavy (non-hydrogen) atoms. The standard InChI is InChI=1S/C27H33F3N8O3/c1-16-14-19(34-24(39)23-33-15-21(36(23)3)17(2)22(35-31)27(28,29)30)4-5-20(16)26(41)38-12-10-37(11-13-38)25(40)18-6-8-32-9-7-18/h4-5,14-15,18,32H,2,6-13,31H2,1,3H3,(H,34,39)/b35-22+. The van der Waals surface area contributed by atoms with Crippen LogP contribution in [0.3, 0.4) is 0 Å². The van der Waals surface area contributed by atoms with E-state index < -0.39 is 23.4 Å². The molecule has 2 aliphatic rings. The number of hydrogen-bond acceptors (Lipinski definition) is 7. The predicted octanol–water partition coefficient (Wildman–Crippen LogP) is 2.16. The SMILES string of the molecule is C=C(/C(=N\N)C(F)(F)F)c1cnc(C(=O)Nc2ccc(C(=O)N3CCN(C(=O)C4CCNCC4)CC3)c(C)c2)n1C. The molecule has 0 radical (unpaired) electrons. The summed E-state index contributed by atoms with van der Waals surface area (Å²) in [5.74, 6) is 4.12. The Kier molecular flexibility index (Phi) is 8.80. The zero-order chi connectivity index (χ0) is 29.9. The van der Waals surface area contributed by atoms with Crippen molar-refractivity contribution in [2.75, 3.05) is 44.6 Å². The fourth-order valence-corrected chi connectivity index (χ4v) is 5.14. The van der Waals surface area contributed by atoms with Gasteiger partial charge in [-0.1, -0.05) is 6.58 Å². The molecule has 2 fully saturated rings. The lowest BCUT2D eigenvalue weighted by molar-refractivity contribution is -0.137. The Balaban J connectivity index is 1.38. The number of carbonyl (C=O) groups is 3. The first-order valence-corrected chi connectivity index (χ1v) is 13.2. The smallest absolute Gasteiger partial charge is 0.339 e. The molecule has 0 saturated carbocycles. The minimum atomic E-state index is -4.83. The van der Waals surface area contributed by atoms with Crippen LogP contribution in [0.1, 0.15) is 45.1 Å². The second-order valence-corrected chi connectivity index (χ2v) is 10.1. The number of allylic oxidation sites excluding steroid dienone is 1. The number of carbonyl (C=O) groups excluding carboxylic acids is 3. The number of rotatable bonds is 6. The zero-order valence-electron chi connectivity index (χ0n) is 22.9. The minimum Gasteiger partial charge on any atom is -0.339 e. The summed E-state index contributed by atoms with van der Waals surface area (Å²) < 4.78 is 40.7. The van der Waals surface area contributed by atoms with E-state index in [0.717, 1.165) is 36.7 Å². The van der Waals surface area contributed by atoms with Gasteiger partial charge in [-0.25, -0.2) is 4.98 Å². The molecule has 0 aliphatic carbocycles. The Morgan fingerprint density at radius 1 is 1.12 bits per heavy atom. The Morgan fingerprint density at radius 3 is 2.34 bits per heavy atom. The van der Waals surface area contributed by atoms with Gasteiger partial charge >= 0.3 is 6.18 Å². The van der Waals surface area contributed by atoms with Crippen LogP contribution >= 0.6 is 0 Å². The molecule has 0 spiro atoms. The molecule has 2 saturated heterocycles. The van der Waals surface area contributed by atoms with Crippen LogP contribution in [-0.2, 0) is 11.8 Å². The first kappa shape index (κ1) is 29.8. The summed E-state index contributed by atoms with van der Waals surface area (Å²) in [4.78, 5) is 46.4. The number of halogens is 3. The van der Waals surface area contributed by atoms with Crippen molar-refractivity contribution >= 4 is 34.7 Å². The number of benzene rings is 1. The van der Waals surface area contributed by atoms with Crippen molar-refractivity contribution in [3.05, 3.63) is 53.6 Å². The molecular formula is C27H33F3N8O3. The first-order chi connectivity index (χ1) is 19.4. The number of anilines is 1. The number of amides is 3. The Morgan fingerprint density at radius 2 is 1.76 bits per heavy atom. The Hall–Kier alpha value is -4.20. The monoisotopic (exact) mass is 574 g/mol. The third-order valence-corrected chi connectivity index (χ3v) is 7.47. The fourth-order valence-electron chi connectivity index (χ4n) is 5.14. The molecule has 0 atom stereocenters. The molecule has 1 aromatic heterocycles. The van der Waals surface area contributed by atoms with Crippen molar-refractivity contribution < 1.29 is 27.6 Å². The third-order valence-electron chi connectivity index (χ3n) is 7.47. The summed E-state index contributed by atoms with van der Waals surface area (Å²) in [5, 5.41) is 8.72. The first-order valence-electron chi connectivity index (χ1n) is 13.2. The van der Waals surface area contributed by atoms with Gasteiger partial charge in [0, 0.05) is 56.0 Å². The van der Waals surface area contributed by atoms with Gasteiger partial charge < -0.3 is 30.8 Å². The predicted molar refractivity (Wildman–Crippen MR) is 147 cm³/mol. The van der Waals surface area contributed by atoms with Gasteiger partial charge in [-0.3, -0.25) is 14.4 Å². The van der Waals surface area contributed by atoms with Crippen LogP contribution in [0, 0.1) is 12.8 Å². The van der Waals surface area contributed by atoms with Crippen LogP contribution in [0.5, 0.6) is 0 Å². The number of nitrogens with zero attached hydrogens (tertiary/aromatic N) is 5. The number of piperazine rings is 1. The van der Waals surface area contributed by atoms with Crippen LogP contribution in [0.15, 0.2) is 36.1 Å². The van der Waals surface area contributed by atoms with E-state index >= 15 is 0 Å². The van der Waals surface area contributed by atoms with Crippen LogP contribution in [0.4, 0.5) is 18.9 Å². The Bertz CT molecular complexity index is 1370. The number of hydrazone groups is 1. The highest BCUT2D eigenvalue weighted by molar-refractivity contribution is 6.25. The molecular weight excluding hydrogens is 541 g/mol. The molecule has 4 rings (SSSR count). The number of alkyl halides is 3. The van der Waals surface area contributed by atoms with E-state index in [1.807, 2.05) is 4.90 Å². The van der Waals surface area contributed by atoms with E-state index in [9.17, 15) is 27.6 Å². The number of piperidine rings is 1. The normalized spacial score (nSPS) is 17.0. The molecule has 3 heterocycles. The lowest BCUT2D eigenvalue weighted by Crippen LogP contribution is -2.52. The van der Waals surface area contributed by atoms with Crippen molar-refractivity contribution in [1.29, 1.82) is 0 Å². The topological polar surface area (TPSA) is 138 Å². The average Bonchev–Trinajstić information content (AvgIpc) is 3.34. The van der Waals surface area contributed by atoms with Gasteiger partial charge in [0.1, 0.15) is 0 Å². The molecule has 220 valence electrons. The number of aryl methyl sites for hydroxylation is 1. The van der Waals surface area contributed by atoms with Crippen molar-refractivity contribution in [3.63, 3.8) is 0 Å². The van der Waals surface area contributed by atoms with Gasteiger partial charge in [0.2, 0.25) is 5.91 Å². The lowest BCUT2D eigenvalue weighted by Gasteiger charge is -2.37. The van der Waals surface area contributed by atoms with Crippen LogP contribution in [-0.4, -0.2) is 88.2 Å². The molecule has 0 bridgehead atoms. The van der Waals surface area contributed by atoms with Crippen molar-refractivity contribution in [1.82, 2.24) is 24.7 Å². The summed E-state index contributed by atoms with van der Waals surface area (Å²) in [6, 6.07) is 4.81. The van der Waals surface area contributed by atoms with Crippen molar-refractivity contribution in [2.24, 2.45) is 23.9 Å². The summed E-state index contributed by atoms with van der Waals surface area (Å²) in [6.07, 6.45) is -2.08. The second kappa shape index (κ2) is 12.1. The molecule has 3 amide bonds. The van der Waals surface area contributed by atoms with E-state index in [1.165, 1.54) is 7.05 Å².